The second-order valence-electron chi connectivity index (χ2n) is 32.3. The molecule has 20 rings (SSSR count). The molecule has 12 heterocycles. The summed E-state index contributed by atoms with van der Waals surface area (Å²) in [5.74, 6) is 0. The van der Waals surface area contributed by atoms with E-state index in [-0.39, 0.29) is 28.8 Å². The topological polar surface area (TPSA) is 192 Å². The Bertz CT molecular complexity index is 6420. The molecule has 4 aliphatic heterocycles. The summed E-state index contributed by atoms with van der Waals surface area (Å²) in [6.07, 6.45) is 25.3. The summed E-state index contributed by atoms with van der Waals surface area (Å²) in [5, 5.41) is 32.7. The summed E-state index contributed by atoms with van der Waals surface area (Å²) >= 11 is 12.3. The van der Waals surface area contributed by atoms with E-state index in [1.54, 1.807) is 60.9 Å². The Balaban J connectivity index is 0.000000116. The summed E-state index contributed by atoms with van der Waals surface area (Å²) in [4.78, 5) is 61.3. The van der Waals surface area contributed by atoms with Gasteiger partial charge in [0, 0.05) is 135 Å². The number of benzene rings is 8. The number of aliphatic hydroxyl groups excluding tert-OH is 1. The molecule has 23 heteroatoms. The van der Waals surface area contributed by atoms with Crippen LogP contribution in [0.1, 0.15) is 68.1 Å². The number of hydrogen-bond donors (Lipinski definition) is 1. The van der Waals surface area contributed by atoms with Gasteiger partial charge in [-0.05, 0) is 271 Å². The van der Waals surface area contributed by atoms with Crippen molar-refractivity contribution in [2.75, 3.05) is 78.5 Å². The first kappa shape index (κ1) is 82.1. The van der Waals surface area contributed by atoms with Gasteiger partial charge in [0.2, 0.25) is 0 Å². The number of aliphatic hydroxyl groups is 1. The van der Waals surface area contributed by atoms with Gasteiger partial charge >= 0.3 is 0 Å². The van der Waals surface area contributed by atoms with Gasteiger partial charge in [-0.2, -0.15) is 20.4 Å². The highest BCUT2D eigenvalue weighted by Gasteiger charge is 2.20. The van der Waals surface area contributed by atoms with Crippen LogP contribution in [0.3, 0.4) is 0 Å². The molecule has 0 aliphatic carbocycles. The minimum absolute atomic E-state index is 0.0131. The molecule has 620 valence electrons. The quantitative estimate of drug-likeness (QED) is 0.0715. The molecule has 0 radical (unpaired) electrons. The van der Waals surface area contributed by atoms with Gasteiger partial charge in [0.25, 0.3) is 22.2 Å². The number of fused-ring (bicyclic) bond motifs is 4. The lowest BCUT2D eigenvalue weighted by Gasteiger charge is -2.14. The summed E-state index contributed by atoms with van der Waals surface area (Å²) in [7, 11) is 0. The third kappa shape index (κ3) is 19.2. The van der Waals surface area contributed by atoms with E-state index < -0.39 is 0 Å². The number of hydrogen-bond acceptors (Lipinski definition) is 13. The Hall–Kier alpha value is -12.2. The van der Waals surface area contributed by atoms with Crippen molar-refractivity contribution in [3.8, 4) is 67.3 Å². The summed E-state index contributed by atoms with van der Waals surface area (Å²) in [6, 6.07) is 68.1. The zero-order valence-electron chi connectivity index (χ0n) is 69.0. The van der Waals surface area contributed by atoms with Crippen molar-refractivity contribution in [3.63, 3.8) is 0 Å². The minimum Gasteiger partial charge on any atom is -0.392 e. The molecular weight excluding hydrogens is 1560 g/mol. The highest BCUT2D eigenvalue weighted by Crippen LogP contribution is 2.32. The predicted molar refractivity (Wildman–Crippen MR) is 491 cm³/mol. The van der Waals surface area contributed by atoms with Gasteiger partial charge in [-0.1, -0.05) is 113 Å². The Kier molecular flexibility index (Phi) is 25.5. The second-order valence-corrected chi connectivity index (χ2v) is 33.2. The van der Waals surface area contributed by atoms with Crippen LogP contribution in [0.2, 0.25) is 10.0 Å². The van der Waals surface area contributed by atoms with Crippen molar-refractivity contribution in [1.82, 2.24) is 77.0 Å². The van der Waals surface area contributed by atoms with Crippen molar-refractivity contribution >= 4 is 66.8 Å². The smallest absolute Gasteiger partial charge is 0.255 e. The number of aromatic nitrogens is 12. The van der Waals surface area contributed by atoms with Crippen LogP contribution in [0, 0.1) is 13.8 Å². The predicted octanol–water partition coefficient (Wildman–Crippen LogP) is 17.2. The van der Waals surface area contributed by atoms with Crippen molar-refractivity contribution < 1.29 is 5.11 Å². The number of pyridine rings is 4. The fourth-order valence-electron chi connectivity index (χ4n) is 17.1. The molecule has 4 aliphatic rings. The molecular formula is C99H100Cl2N16O5. The van der Waals surface area contributed by atoms with Crippen LogP contribution in [-0.2, 0) is 32.8 Å². The Morgan fingerprint density at radius 1 is 0.295 bits per heavy atom. The molecule has 0 unspecified atom stereocenters. The molecule has 4 fully saturated rings. The van der Waals surface area contributed by atoms with E-state index in [0.717, 1.165) is 169 Å². The largest absolute Gasteiger partial charge is 0.392 e. The van der Waals surface area contributed by atoms with Crippen molar-refractivity contribution in [3.05, 3.63) is 330 Å². The van der Waals surface area contributed by atoms with Crippen LogP contribution in [0.15, 0.2) is 281 Å². The summed E-state index contributed by atoms with van der Waals surface area (Å²) in [5.41, 5.74) is 18.1. The first-order chi connectivity index (χ1) is 59.6. The fourth-order valence-corrected chi connectivity index (χ4v) is 17.6. The Morgan fingerprint density at radius 3 is 0.852 bits per heavy atom. The molecule has 0 bridgehead atoms. The molecule has 16 aromatic rings. The fraction of sp³-hybridized carbons (Fsp3) is 0.273. The highest BCUT2D eigenvalue weighted by molar-refractivity contribution is 6.36. The van der Waals surface area contributed by atoms with Crippen LogP contribution >= 0.6 is 23.2 Å². The van der Waals surface area contributed by atoms with Gasteiger partial charge in [-0.15, -0.1) is 0 Å². The van der Waals surface area contributed by atoms with E-state index in [1.165, 1.54) is 115 Å². The lowest BCUT2D eigenvalue weighted by molar-refractivity contribution is 0.282. The lowest BCUT2D eigenvalue weighted by atomic mass is 10.1. The number of likely N-dealkylation sites (tertiary alicyclic amines) is 4. The second kappa shape index (κ2) is 37.8. The van der Waals surface area contributed by atoms with E-state index in [0.29, 0.717) is 10.0 Å². The van der Waals surface area contributed by atoms with Gasteiger partial charge in [0.1, 0.15) is 0 Å². The van der Waals surface area contributed by atoms with Gasteiger partial charge in [0.05, 0.1) is 79.6 Å². The van der Waals surface area contributed by atoms with E-state index in [2.05, 4.69) is 135 Å². The van der Waals surface area contributed by atoms with Crippen LogP contribution in [-0.4, -0.2) is 161 Å². The monoisotopic (exact) mass is 1660 g/mol. The third-order valence-electron chi connectivity index (χ3n) is 24.1. The zero-order valence-corrected chi connectivity index (χ0v) is 70.5. The molecule has 0 amide bonds. The van der Waals surface area contributed by atoms with Crippen molar-refractivity contribution in [2.24, 2.45) is 0 Å². The molecule has 8 aromatic carbocycles. The van der Waals surface area contributed by atoms with Gasteiger partial charge in [-0.25, -0.2) is 0 Å². The molecule has 8 aromatic heterocycles. The molecule has 122 heavy (non-hydrogen) atoms. The van der Waals surface area contributed by atoms with Gasteiger partial charge in [-0.3, -0.25) is 56.2 Å². The highest BCUT2D eigenvalue weighted by atomic mass is 35.5. The van der Waals surface area contributed by atoms with E-state index in [4.69, 9.17) is 23.2 Å². The molecule has 0 saturated carbocycles. The standard InChI is InChI=1S/C25H26N4O2.2C25H26N4O.C24H22Cl2N4O/c30-18-19-3-5-20(6-4-19)21-9-12-28(25(31)16-21)23-7-8-24-22(15-23)17-26-29(24)14-13-27-10-1-2-11-27;2*1-19-4-6-20(7-5-19)21-10-13-28(25(30)17-21)23-8-9-24-22(16-23)18-26-29(24)15-14-27-11-2-3-12-27;25-19-3-5-21(22(26)15-19)17-7-10-29(24(31)14-17)20-4-6-23-18(13-20)16-27-30(23)12-11-28-8-1-2-9-28/h3-9,12,15-17,30H,1-2,10-11,13-14,18H2;2*4-10,13,16-18H,2-3,11-12,14-15H2,1H3;3-7,10,13-16H,1-2,8-9,11-12H2. The SMILES string of the molecule is Cc1ccc(-c2ccn(-c3ccc4c(cnn4CCN4CCCC4)c3)c(=O)c2)cc1.Cc1ccc(-c2ccn(-c3ccc4c(cnn4CCN4CCCC4)c3)c(=O)c2)cc1.O=c1cc(-c2ccc(CO)cc2)ccn1-c1ccc2c(cnn2CCN2CCCC2)c1.O=c1cc(-c2ccc(Cl)cc2Cl)ccn1-c1ccc2c(cnn2CCN2CCCC2)c1. The number of nitrogens with zero attached hydrogens (tertiary/aromatic N) is 16. The van der Waals surface area contributed by atoms with E-state index in [9.17, 15) is 24.3 Å². The van der Waals surface area contributed by atoms with Crippen LogP contribution in [0.25, 0.3) is 111 Å². The van der Waals surface area contributed by atoms with Gasteiger partial charge < -0.3 is 24.7 Å². The van der Waals surface area contributed by atoms with Crippen LogP contribution < -0.4 is 22.2 Å². The minimum atomic E-state index is -0.121. The number of aryl methyl sites for hydroxylation is 2. The van der Waals surface area contributed by atoms with Crippen LogP contribution in [0.4, 0.5) is 0 Å². The molecule has 1 N–H and O–H groups in total. The maximum absolute atomic E-state index is 12.9. The first-order valence-electron chi connectivity index (χ1n) is 42.6. The number of halogens is 2. The molecule has 4 saturated heterocycles. The normalized spacial score (nSPS) is 14.5. The molecule has 21 nitrogen and oxygen atoms in total. The van der Waals surface area contributed by atoms with E-state index >= 15 is 0 Å². The maximum atomic E-state index is 12.9. The maximum Gasteiger partial charge on any atom is 0.255 e. The van der Waals surface area contributed by atoms with Crippen molar-refractivity contribution in [1.29, 1.82) is 0 Å². The summed E-state index contributed by atoms with van der Waals surface area (Å²) < 4.78 is 14.9. The molecule has 0 atom stereocenters. The Morgan fingerprint density at radius 2 is 0.574 bits per heavy atom. The Labute approximate surface area is 718 Å². The molecule has 0 spiro atoms. The average molecular weight is 1660 g/mol. The zero-order chi connectivity index (χ0) is 83.6. The average Bonchev–Trinajstić information content (AvgIpc) is 1.61. The number of rotatable bonds is 21. The van der Waals surface area contributed by atoms with Crippen LogP contribution in [0.5, 0.6) is 0 Å². The lowest BCUT2D eigenvalue weighted by Crippen LogP contribution is -2.24. The van der Waals surface area contributed by atoms with Gasteiger partial charge in [0.15, 0.2) is 0 Å². The summed E-state index contributed by atoms with van der Waals surface area (Å²) in [6.45, 7) is 21.4. The third-order valence-corrected chi connectivity index (χ3v) is 24.6. The van der Waals surface area contributed by atoms with Crippen molar-refractivity contribution in [2.45, 2.75) is 98.0 Å². The van der Waals surface area contributed by atoms with E-state index in [1.807, 2.05) is 157 Å². The first-order valence-corrected chi connectivity index (χ1v) is 43.3.